The van der Waals surface area contributed by atoms with E-state index in [0.29, 0.717) is 34.0 Å². The molecule has 3 aliphatic rings. The van der Waals surface area contributed by atoms with Gasteiger partial charge in [-0.3, -0.25) is 4.79 Å². The third-order valence-electron chi connectivity index (χ3n) is 5.93. The molecule has 1 aliphatic carbocycles. The van der Waals surface area contributed by atoms with Crippen LogP contribution in [0.1, 0.15) is 38.5 Å². The van der Waals surface area contributed by atoms with Gasteiger partial charge in [-0.1, -0.05) is 49.0 Å². The van der Waals surface area contributed by atoms with Crippen molar-refractivity contribution in [3.63, 3.8) is 0 Å². The molecule has 2 atom stereocenters. The molecule has 2 aliphatic heterocycles. The lowest BCUT2D eigenvalue weighted by Crippen LogP contribution is -2.38. The Hall–Kier alpha value is -1.25. The first-order chi connectivity index (χ1) is 13.9. The average molecular weight is 457 g/mol. The van der Waals surface area contributed by atoms with Crippen LogP contribution in [0.25, 0.3) is 0 Å². The summed E-state index contributed by atoms with van der Waals surface area (Å²) in [6.45, 7) is 0. The highest BCUT2D eigenvalue weighted by Gasteiger charge is 2.50. The molecule has 4 rings (SSSR count). The lowest BCUT2D eigenvalue weighted by Gasteiger charge is -2.26. The van der Waals surface area contributed by atoms with Crippen LogP contribution in [0, 0.1) is 5.92 Å². The third kappa shape index (κ3) is 4.59. The van der Waals surface area contributed by atoms with Crippen LogP contribution < -0.4 is 9.64 Å². The minimum Gasteiger partial charge on any atom is -0.495 e. The highest BCUT2D eigenvalue weighted by Crippen LogP contribution is 2.44. The van der Waals surface area contributed by atoms with Crippen LogP contribution >= 0.6 is 23.4 Å². The predicted molar refractivity (Wildman–Crippen MR) is 118 cm³/mol. The van der Waals surface area contributed by atoms with Crippen molar-refractivity contribution < 1.29 is 17.9 Å². The van der Waals surface area contributed by atoms with Crippen LogP contribution in [0.15, 0.2) is 23.2 Å². The SMILES string of the molecule is COc1ccc(Cl)cc1N1C(=NC(=O)CCC2CCCC2)S[C@H]2CS(=O)(=O)C[C@H]21. The summed E-state index contributed by atoms with van der Waals surface area (Å²) >= 11 is 7.59. The summed E-state index contributed by atoms with van der Waals surface area (Å²) < 4.78 is 29.9. The van der Waals surface area contributed by atoms with Crippen LogP contribution in [0.4, 0.5) is 5.69 Å². The fourth-order valence-electron chi connectivity index (χ4n) is 4.49. The number of ether oxygens (including phenoxy) is 1. The molecule has 1 amide bonds. The first kappa shape index (κ1) is 21.0. The van der Waals surface area contributed by atoms with E-state index in [1.54, 1.807) is 25.3 Å². The summed E-state index contributed by atoms with van der Waals surface area (Å²) in [5, 5.41) is 0.916. The number of nitrogens with zero attached hydrogens (tertiary/aromatic N) is 2. The largest absolute Gasteiger partial charge is 0.495 e. The van der Waals surface area contributed by atoms with E-state index in [1.165, 1.54) is 37.4 Å². The number of benzene rings is 1. The lowest BCUT2D eigenvalue weighted by molar-refractivity contribution is -0.118. The van der Waals surface area contributed by atoms with Gasteiger partial charge < -0.3 is 9.64 Å². The molecule has 2 heterocycles. The molecule has 0 spiro atoms. The van der Waals surface area contributed by atoms with Gasteiger partial charge in [0.1, 0.15) is 5.75 Å². The average Bonchev–Trinajstić information content (AvgIpc) is 3.34. The van der Waals surface area contributed by atoms with Gasteiger partial charge in [-0.25, -0.2) is 8.42 Å². The Bertz CT molecular complexity index is 928. The maximum Gasteiger partial charge on any atom is 0.248 e. The number of hydrogen-bond acceptors (Lipinski definition) is 5. The smallest absolute Gasteiger partial charge is 0.248 e. The van der Waals surface area contributed by atoms with Crippen molar-refractivity contribution in [3.05, 3.63) is 23.2 Å². The van der Waals surface area contributed by atoms with Crippen molar-refractivity contribution >= 4 is 50.0 Å². The van der Waals surface area contributed by atoms with Crippen molar-refractivity contribution in [1.82, 2.24) is 0 Å². The number of amides is 1. The van der Waals surface area contributed by atoms with E-state index in [-0.39, 0.29) is 28.7 Å². The maximum atomic E-state index is 12.6. The van der Waals surface area contributed by atoms with Crippen LogP contribution in [0.3, 0.4) is 0 Å². The number of sulfone groups is 1. The Labute approximate surface area is 181 Å². The van der Waals surface area contributed by atoms with E-state index in [9.17, 15) is 13.2 Å². The normalized spacial score (nSPS) is 27.5. The molecule has 158 valence electrons. The fourth-order valence-corrected chi connectivity index (χ4v) is 8.58. The number of hydrogen-bond donors (Lipinski definition) is 0. The maximum absolute atomic E-state index is 12.6. The third-order valence-corrected chi connectivity index (χ3v) is 9.37. The number of carbonyl (C=O) groups excluding carboxylic acids is 1. The van der Waals surface area contributed by atoms with Gasteiger partial charge in [0, 0.05) is 16.7 Å². The van der Waals surface area contributed by atoms with Crippen LogP contribution in [-0.4, -0.2) is 49.4 Å². The number of fused-ring (bicyclic) bond motifs is 1. The zero-order valence-electron chi connectivity index (χ0n) is 16.3. The van der Waals surface area contributed by atoms with Gasteiger partial charge in [-0.05, 0) is 30.5 Å². The molecule has 0 radical (unpaired) electrons. The summed E-state index contributed by atoms with van der Waals surface area (Å²) in [5.41, 5.74) is 0.652. The number of methoxy groups -OCH3 is 1. The quantitative estimate of drug-likeness (QED) is 0.668. The highest BCUT2D eigenvalue weighted by atomic mass is 35.5. The Morgan fingerprint density at radius 3 is 2.79 bits per heavy atom. The van der Waals surface area contributed by atoms with Crippen molar-refractivity contribution in [1.29, 1.82) is 0 Å². The van der Waals surface area contributed by atoms with E-state index < -0.39 is 9.84 Å². The van der Waals surface area contributed by atoms with Gasteiger partial charge in [0.05, 0.1) is 30.3 Å². The summed E-state index contributed by atoms with van der Waals surface area (Å²) in [5.74, 6) is 1.19. The van der Waals surface area contributed by atoms with Gasteiger partial charge in [0.15, 0.2) is 15.0 Å². The summed E-state index contributed by atoms with van der Waals surface area (Å²) in [7, 11) is -1.57. The number of thioether (sulfide) groups is 1. The number of amidine groups is 1. The number of halogens is 1. The molecule has 9 heteroatoms. The standard InChI is InChI=1S/C20H25ClN2O4S2/c1-27-17-8-7-14(21)10-15(17)23-16-11-29(25,26)12-18(16)28-20(23)22-19(24)9-6-13-4-2-3-5-13/h7-8,10,13,16,18H,2-6,9,11-12H2,1H3/t16-,18+/m1/s1. The minimum atomic E-state index is -3.13. The van der Waals surface area contributed by atoms with Crippen molar-refractivity contribution in [2.75, 3.05) is 23.5 Å². The van der Waals surface area contributed by atoms with E-state index in [0.717, 1.165) is 6.42 Å². The monoisotopic (exact) mass is 456 g/mol. The number of anilines is 1. The molecule has 1 aromatic rings. The summed E-state index contributed by atoms with van der Waals surface area (Å²) in [6, 6.07) is 4.93. The van der Waals surface area contributed by atoms with E-state index in [4.69, 9.17) is 16.3 Å². The predicted octanol–water partition coefficient (Wildman–Crippen LogP) is 3.92. The lowest BCUT2D eigenvalue weighted by atomic mass is 10.0. The molecule has 1 aromatic carbocycles. The molecule has 0 aromatic heterocycles. The van der Waals surface area contributed by atoms with E-state index >= 15 is 0 Å². The Morgan fingerprint density at radius 1 is 1.31 bits per heavy atom. The highest BCUT2D eigenvalue weighted by molar-refractivity contribution is 8.16. The molecule has 0 unspecified atom stereocenters. The zero-order valence-corrected chi connectivity index (χ0v) is 18.7. The Morgan fingerprint density at radius 2 is 2.07 bits per heavy atom. The molecular weight excluding hydrogens is 432 g/mol. The Balaban J connectivity index is 1.62. The number of rotatable bonds is 5. The molecule has 6 nitrogen and oxygen atoms in total. The first-order valence-electron chi connectivity index (χ1n) is 9.97. The number of carbonyl (C=O) groups is 1. The second-order valence-corrected chi connectivity index (χ2v) is 11.8. The summed E-state index contributed by atoms with van der Waals surface area (Å²) in [4.78, 5) is 18.8. The molecule has 2 saturated heterocycles. The van der Waals surface area contributed by atoms with Gasteiger partial charge in [0.2, 0.25) is 5.91 Å². The molecular formula is C20H25ClN2O4S2. The van der Waals surface area contributed by atoms with Crippen molar-refractivity contribution in [2.45, 2.75) is 49.8 Å². The van der Waals surface area contributed by atoms with Crippen molar-refractivity contribution in [2.24, 2.45) is 10.9 Å². The molecule has 3 fully saturated rings. The van der Waals surface area contributed by atoms with E-state index in [1.807, 2.05) is 4.90 Å². The van der Waals surface area contributed by atoms with Crippen LogP contribution in [-0.2, 0) is 14.6 Å². The van der Waals surface area contributed by atoms with E-state index in [2.05, 4.69) is 4.99 Å². The van der Waals surface area contributed by atoms with Gasteiger partial charge >= 0.3 is 0 Å². The zero-order chi connectivity index (χ0) is 20.6. The number of aliphatic imine (C=N–C) groups is 1. The second kappa shape index (κ2) is 8.47. The summed E-state index contributed by atoms with van der Waals surface area (Å²) in [6.07, 6.45) is 6.22. The molecule has 29 heavy (non-hydrogen) atoms. The second-order valence-electron chi connectivity index (χ2n) is 7.96. The minimum absolute atomic E-state index is 0.0373. The van der Waals surface area contributed by atoms with Crippen LogP contribution in [0.2, 0.25) is 5.02 Å². The Kier molecular flexibility index (Phi) is 6.14. The topological polar surface area (TPSA) is 76.0 Å². The molecule has 0 bridgehead atoms. The molecule has 1 saturated carbocycles. The van der Waals surface area contributed by atoms with Crippen LogP contribution in [0.5, 0.6) is 5.75 Å². The van der Waals surface area contributed by atoms with Crippen molar-refractivity contribution in [3.8, 4) is 5.75 Å². The van der Waals surface area contributed by atoms with Gasteiger partial charge in [-0.15, -0.1) is 0 Å². The molecule has 0 N–H and O–H groups in total. The van der Waals surface area contributed by atoms with Gasteiger partial charge in [0.25, 0.3) is 0 Å². The van der Waals surface area contributed by atoms with Gasteiger partial charge in [-0.2, -0.15) is 4.99 Å². The first-order valence-corrected chi connectivity index (χ1v) is 13.1. The fraction of sp³-hybridized carbons (Fsp3) is 0.600.